The van der Waals surface area contributed by atoms with E-state index >= 15 is 0 Å². The molecule has 10 nitrogen and oxygen atoms in total. The molecule has 0 radical (unpaired) electrons. The van der Waals surface area contributed by atoms with Gasteiger partial charge in [-0.2, -0.15) is 0 Å². The Morgan fingerprint density at radius 1 is 1.09 bits per heavy atom. The van der Waals surface area contributed by atoms with E-state index in [9.17, 15) is 4.79 Å². The maximum Gasteiger partial charge on any atom is 0.256 e. The van der Waals surface area contributed by atoms with Crippen molar-refractivity contribution in [3.05, 3.63) is 54.0 Å². The highest BCUT2D eigenvalue weighted by Gasteiger charge is 2.23. The lowest BCUT2D eigenvalue weighted by Gasteiger charge is -2.29. The fourth-order valence-corrected chi connectivity index (χ4v) is 3.68. The highest BCUT2D eigenvalue weighted by molar-refractivity contribution is 5.99. The summed E-state index contributed by atoms with van der Waals surface area (Å²) in [6.45, 7) is 2.70. The molecule has 1 N–H and O–H groups in total. The van der Waals surface area contributed by atoms with Crippen LogP contribution in [0.5, 0.6) is 17.2 Å². The van der Waals surface area contributed by atoms with Gasteiger partial charge < -0.3 is 29.2 Å². The first kappa shape index (κ1) is 23.2. The van der Waals surface area contributed by atoms with Gasteiger partial charge in [0.2, 0.25) is 5.75 Å². The zero-order valence-electron chi connectivity index (χ0n) is 19.4. The van der Waals surface area contributed by atoms with Crippen LogP contribution in [-0.2, 0) is 11.3 Å². The standard InChI is InChI=1S/C24H27N5O5/c1-31-19-11-17(12-20(32-2)21(19)33-3)22-26-15-18(23(28-22)29-7-9-34-10-8-29)24(30)27-14-16-5-4-6-25-13-16/h4-6,11-13,15H,7-10,14H2,1-3H3,(H,27,30). The molecule has 0 bridgehead atoms. The Labute approximate surface area is 197 Å². The van der Waals surface area contributed by atoms with E-state index in [1.165, 1.54) is 0 Å². The zero-order chi connectivity index (χ0) is 23.9. The Balaban J connectivity index is 1.70. The number of hydrogen-bond donors (Lipinski definition) is 1. The molecule has 0 unspecified atom stereocenters. The number of amides is 1. The molecule has 10 heteroatoms. The molecule has 1 aromatic carbocycles. The van der Waals surface area contributed by atoms with E-state index in [2.05, 4.69) is 15.3 Å². The molecule has 2 aromatic heterocycles. The Bertz CT molecular complexity index is 1110. The third-order valence-corrected chi connectivity index (χ3v) is 5.42. The molecule has 1 saturated heterocycles. The number of methoxy groups -OCH3 is 3. The minimum Gasteiger partial charge on any atom is -0.493 e. The van der Waals surface area contributed by atoms with Crippen LogP contribution in [0.25, 0.3) is 11.4 Å². The molecular weight excluding hydrogens is 438 g/mol. The average Bonchev–Trinajstić information content (AvgIpc) is 2.91. The summed E-state index contributed by atoms with van der Waals surface area (Å²) in [5, 5.41) is 2.93. The maximum absolute atomic E-state index is 13.1. The van der Waals surface area contributed by atoms with Gasteiger partial charge in [0.1, 0.15) is 11.4 Å². The van der Waals surface area contributed by atoms with Crippen LogP contribution < -0.4 is 24.4 Å². The second-order valence-corrected chi connectivity index (χ2v) is 7.49. The lowest BCUT2D eigenvalue weighted by atomic mass is 10.1. The van der Waals surface area contributed by atoms with Crippen LogP contribution in [-0.4, -0.2) is 68.5 Å². The number of benzene rings is 1. The number of anilines is 1. The molecule has 34 heavy (non-hydrogen) atoms. The first-order chi connectivity index (χ1) is 16.6. The molecule has 3 aromatic rings. The number of aromatic nitrogens is 3. The SMILES string of the molecule is COc1cc(-c2ncc(C(=O)NCc3cccnc3)c(N3CCOCC3)n2)cc(OC)c1OC. The summed E-state index contributed by atoms with van der Waals surface area (Å²) in [5.41, 5.74) is 1.96. The number of rotatable bonds is 8. The Morgan fingerprint density at radius 2 is 1.82 bits per heavy atom. The lowest BCUT2D eigenvalue weighted by Crippen LogP contribution is -2.38. The quantitative estimate of drug-likeness (QED) is 0.536. The first-order valence-corrected chi connectivity index (χ1v) is 10.8. The molecule has 0 aliphatic carbocycles. The fourth-order valence-electron chi connectivity index (χ4n) is 3.68. The van der Waals surface area contributed by atoms with Gasteiger partial charge in [-0.05, 0) is 23.8 Å². The van der Waals surface area contributed by atoms with E-state index in [1.807, 2.05) is 17.0 Å². The molecule has 1 aliphatic heterocycles. The first-order valence-electron chi connectivity index (χ1n) is 10.8. The van der Waals surface area contributed by atoms with Crippen molar-refractivity contribution in [2.75, 3.05) is 52.5 Å². The summed E-state index contributed by atoms with van der Waals surface area (Å²) in [7, 11) is 4.65. The summed E-state index contributed by atoms with van der Waals surface area (Å²) in [4.78, 5) is 28.5. The van der Waals surface area contributed by atoms with Crippen molar-refractivity contribution in [3.63, 3.8) is 0 Å². The normalized spacial score (nSPS) is 13.3. The third kappa shape index (κ3) is 5.01. The summed E-state index contributed by atoms with van der Waals surface area (Å²) < 4.78 is 21.8. The predicted molar refractivity (Wildman–Crippen MR) is 126 cm³/mol. The average molecular weight is 466 g/mol. The molecular formula is C24H27N5O5. The van der Waals surface area contributed by atoms with E-state index < -0.39 is 0 Å². The van der Waals surface area contributed by atoms with Gasteiger partial charge in [-0.25, -0.2) is 9.97 Å². The molecule has 1 amide bonds. The van der Waals surface area contributed by atoms with Crippen molar-refractivity contribution in [1.29, 1.82) is 0 Å². The van der Waals surface area contributed by atoms with Crippen molar-refractivity contribution in [3.8, 4) is 28.6 Å². The molecule has 0 spiro atoms. The van der Waals surface area contributed by atoms with Gasteiger partial charge in [0.15, 0.2) is 17.3 Å². The smallest absolute Gasteiger partial charge is 0.256 e. The summed E-state index contributed by atoms with van der Waals surface area (Å²) in [5.74, 6) is 2.18. The van der Waals surface area contributed by atoms with Gasteiger partial charge in [0, 0.05) is 43.8 Å². The van der Waals surface area contributed by atoms with Gasteiger partial charge in [-0.3, -0.25) is 9.78 Å². The molecule has 178 valence electrons. The second-order valence-electron chi connectivity index (χ2n) is 7.49. The molecule has 1 aliphatic rings. The van der Waals surface area contributed by atoms with Crippen molar-refractivity contribution >= 4 is 11.7 Å². The second kappa shape index (κ2) is 10.8. The van der Waals surface area contributed by atoms with Crippen LogP contribution in [0, 0.1) is 0 Å². The van der Waals surface area contributed by atoms with E-state index in [4.69, 9.17) is 23.9 Å². The maximum atomic E-state index is 13.1. The molecule has 0 atom stereocenters. The number of nitrogens with zero attached hydrogens (tertiary/aromatic N) is 4. The van der Waals surface area contributed by atoms with Crippen molar-refractivity contribution in [2.45, 2.75) is 6.54 Å². The topological polar surface area (TPSA) is 108 Å². The number of hydrogen-bond acceptors (Lipinski definition) is 9. The van der Waals surface area contributed by atoms with Crippen LogP contribution in [0.4, 0.5) is 5.82 Å². The van der Waals surface area contributed by atoms with Gasteiger partial charge in [0.05, 0.1) is 34.5 Å². The number of ether oxygens (including phenoxy) is 4. The van der Waals surface area contributed by atoms with Gasteiger partial charge >= 0.3 is 0 Å². The van der Waals surface area contributed by atoms with E-state index in [0.29, 0.717) is 72.9 Å². The van der Waals surface area contributed by atoms with Crippen LogP contribution in [0.2, 0.25) is 0 Å². The fraction of sp³-hybridized carbons (Fsp3) is 0.333. The van der Waals surface area contributed by atoms with Crippen molar-refractivity contribution in [1.82, 2.24) is 20.3 Å². The van der Waals surface area contributed by atoms with Crippen LogP contribution in [0.3, 0.4) is 0 Å². The minimum atomic E-state index is -0.262. The van der Waals surface area contributed by atoms with Gasteiger partial charge in [-0.1, -0.05) is 6.07 Å². The van der Waals surface area contributed by atoms with E-state index in [-0.39, 0.29) is 5.91 Å². The summed E-state index contributed by atoms with van der Waals surface area (Å²) in [6, 6.07) is 7.29. The largest absolute Gasteiger partial charge is 0.493 e. The molecule has 0 saturated carbocycles. The van der Waals surface area contributed by atoms with Gasteiger partial charge in [-0.15, -0.1) is 0 Å². The zero-order valence-corrected chi connectivity index (χ0v) is 19.4. The number of nitrogens with one attached hydrogen (secondary N) is 1. The van der Waals surface area contributed by atoms with E-state index in [1.54, 1.807) is 52.1 Å². The Hall–Kier alpha value is -3.92. The van der Waals surface area contributed by atoms with E-state index in [0.717, 1.165) is 5.56 Å². The van der Waals surface area contributed by atoms with Crippen LogP contribution in [0.15, 0.2) is 42.9 Å². The number of carbonyl (C=O) groups is 1. The number of morpholine rings is 1. The third-order valence-electron chi connectivity index (χ3n) is 5.42. The van der Waals surface area contributed by atoms with Crippen LogP contribution >= 0.6 is 0 Å². The highest BCUT2D eigenvalue weighted by atomic mass is 16.5. The predicted octanol–water partition coefficient (Wildman–Crippen LogP) is 2.33. The molecule has 4 rings (SSSR count). The lowest BCUT2D eigenvalue weighted by molar-refractivity contribution is 0.0948. The molecule has 3 heterocycles. The van der Waals surface area contributed by atoms with Gasteiger partial charge in [0.25, 0.3) is 5.91 Å². The molecule has 1 fully saturated rings. The summed E-state index contributed by atoms with van der Waals surface area (Å²) in [6.07, 6.45) is 4.96. The number of pyridine rings is 1. The monoisotopic (exact) mass is 465 g/mol. The van der Waals surface area contributed by atoms with Crippen molar-refractivity contribution in [2.24, 2.45) is 0 Å². The highest BCUT2D eigenvalue weighted by Crippen LogP contribution is 2.40. The Morgan fingerprint density at radius 3 is 2.44 bits per heavy atom. The minimum absolute atomic E-state index is 0.262. The summed E-state index contributed by atoms with van der Waals surface area (Å²) >= 11 is 0. The van der Waals surface area contributed by atoms with Crippen molar-refractivity contribution < 1.29 is 23.7 Å². The van der Waals surface area contributed by atoms with Crippen LogP contribution in [0.1, 0.15) is 15.9 Å². The number of carbonyl (C=O) groups excluding carboxylic acids is 1. The Kier molecular flexibility index (Phi) is 7.38.